The van der Waals surface area contributed by atoms with Gasteiger partial charge < -0.3 is 10.6 Å². The van der Waals surface area contributed by atoms with Gasteiger partial charge in [-0.1, -0.05) is 13.8 Å². The zero-order valence-corrected chi connectivity index (χ0v) is 11.6. The van der Waals surface area contributed by atoms with E-state index in [4.69, 9.17) is 5.73 Å². The minimum absolute atomic E-state index is 0. The van der Waals surface area contributed by atoms with Crippen LogP contribution in [0.1, 0.15) is 29.9 Å². The lowest BCUT2D eigenvalue weighted by Crippen LogP contribution is -2.39. The van der Waals surface area contributed by atoms with Crippen LogP contribution in [0.25, 0.3) is 0 Å². The van der Waals surface area contributed by atoms with Crippen LogP contribution in [0.4, 0.5) is 0 Å². The highest BCUT2D eigenvalue weighted by Crippen LogP contribution is 2.16. The van der Waals surface area contributed by atoms with E-state index in [9.17, 15) is 4.79 Å². The zero-order valence-electron chi connectivity index (χ0n) is 10.8. The molecule has 5 nitrogen and oxygen atoms in total. The molecule has 0 aliphatic carbocycles. The fourth-order valence-corrected chi connectivity index (χ4v) is 1.55. The molecule has 1 amide bonds. The number of H-pyrrole nitrogens is 1. The van der Waals surface area contributed by atoms with Crippen LogP contribution in [0.5, 0.6) is 0 Å². The minimum atomic E-state index is -0.0674. The van der Waals surface area contributed by atoms with Crippen molar-refractivity contribution in [3.8, 4) is 0 Å². The molecule has 0 bridgehead atoms. The van der Waals surface area contributed by atoms with Gasteiger partial charge in [0.1, 0.15) is 0 Å². The van der Waals surface area contributed by atoms with Crippen molar-refractivity contribution in [2.24, 2.45) is 11.1 Å². The zero-order chi connectivity index (χ0) is 12.3. The summed E-state index contributed by atoms with van der Waals surface area (Å²) >= 11 is 0. The molecule has 98 valence electrons. The second kappa shape index (κ2) is 6.02. The van der Waals surface area contributed by atoms with Crippen molar-refractivity contribution in [2.45, 2.75) is 20.8 Å². The Labute approximate surface area is 108 Å². The van der Waals surface area contributed by atoms with Gasteiger partial charge in [0.2, 0.25) is 0 Å². The first-order valence-corrected chi connectivity index (χ1v) is 5.33. The van der Waals surface area contributed by atoms with Crippen molar-refractivity contribution in [2.75, 3.05) is 20.1 Å². The molecular weight excluding hydrogens is 240 g/mol. The van der Waals surface area contributed by atoms with Gasteiger partial charge in [0.25, 0.3) is 5.91 Å². The molecule has 17 heavy (non-hydrogen) atoms. The van der Waals surface area contributed by atoms with Crippen molar-refractivity contribution in [3.05, 3.63) is 17.5 Å². The Bertz CT molecular complexity index is 375. The first-order chi connectivity index (χ1) is 7.37. The molecule has 1 aromatic heterocycles. The van der Waals surface area contributed by atoms with E-state index >= 15 is 0 Å². The Morgan fingerprint density at radius 1 is 1.59 bits per heavy atom. The molecule has 0 unspecified atom stereocenters. The van der Waals surface area contributed by atoms with Crippen LogP contribution in [0.15, 0.2) is 6.20 Å². The number of amides is 1. The summed E-state index contributed by atoms with van der Waals surface area (Å²) in [5.41, 5.74) is 6.99. The van der Waals surface area contributed by atoms with E-state index < -0.39 is 0 Å². The highest BCUT2D eigenvalue weighted by Gasteiger charge is 2.23. The molecule has 0 radical (unpaired) electrons. The predicted octanol–water partition coefficient (Wildman–Crippen LogP) is 1.20. The van der Waals surface area contributed by atoms with Crippen LogP contribution < -0.4 is 5.73 Å². The Morgan fingerprint density at radius 2 is 2.18 bits per heavy atom. The molecule has 0 fully saturated rings. The average Bonchev–Trinajstić information content (AvgIpc) is 2.62. The van der Waals surface area contributed by atoms with E-state index in [1.165, 1.54) is 0 Å². The number of aryl methyl sites for hydroxylation is 1. The van der Waals surface area contributed by atoms with Gasteiger partial charge in [-0.05, 0) is 18.9 Å². The van der Waals surface area contributed by atoms with Crippen molar-refractivity contribution in [1.82, 2.24) is 15.1 Å². The van der Waals surface area contributed by atoms with E-state index in [2.05, 4.69) is 10.2 Å². The van der Waals surface area contributed by atoms with Crippen molar-refractivity contribution < 1.29 is 4.79 Å². The fourth-order valence-electron chi connectivity index (χ4n) is 1.55. The molecular formula is C11H21ClN4O. The lowest BCUT2D eigenvalue weighted by Gasteiger charge is -2.28. The number of aromatic amines is 1. The van der Waals surface area contributed by atoms with Gasteiger partial charge in [-0.2, -0.15) is 5.10 Å². The summed E-state index contributed by atoms with van der Waals surface area (Å²) in [7, 11) is 1.78. The van der Waals surface area contributed by atoms with Crippen LogP contribution in [-0.4, -0.2) is 41.1 Å². The van der Waals surface area contributed by atoms with Crippen LogP contribution in [-0.2, 0) is 0 Å². The molecule has 6 heteroatoms. The number of nitrogens with one attached hydrogen (secondary N) is 1. The van der Waals surface area contributed by atoms with Gasteiger partial charge in [-0.25, -0.2) is 0 Å². The van der Waals surface area contributed by atoms with Gasteiger partial charge in [0.15, 0.2) is 0 Å². The number of carbonyl (C=O) groups excluding carboxylic acids is 1. The lowest BCUT2D eigenvalue weighted by molar-refractivity contribution is 0.0740. The minimum Gasteiger partial charge on any atom is -0.341 e. The first kappa shape index (κ1) is 15.9. The maximum atomic E-state index is 12.0. The summed E-state index contributed by atoms with van der Waals surface area (Å²) in [5.74, 6) is -0.0206. The smallest absolute Gasteiger partial charge is 0.257 e. The summed E-state index contributed by atoms with van der Waals surface area (Å²) in [4.78, 5) is 13.7. The third kappa shape index (κ3) is 4.02. The Kier molecular flexibility index (Phi) is 5.64. The number of hydrogen-bond donors (Lipinski definition) is 2. The SMILES string of the molecule is Cc1[nH]ncc1C(=O)N(C)CC(C)(C)CN.Cl. The number of nitrogens with zero attached hydrogens (tertiary/aromatic N) is 2. The number of rotatable bonds is 4. The maximum absolute atomic E-state index is 12.0. The number of aromatic nitrogens is 2. The van der Waals surface area contributed by atoms with E-state index in [1.807, 2.05) is 20.8 Å². The topological polar surface area (TPSA) is 75.0 Å². The van der Waals surface area contributed by atoms with E-state index in [0.29, 0.717) is 18.7 Å². The highest BCUT2D eigenvalue weighted by molar-refractivity contribution is 5.94. The quantitative estimate of drug-likeness (QED) is 0.854. The number of nitrogens with two attached hydrogens (primary N) is 1. The maximum Gasteiger partial charge on any atom is 0.257 e. The van der Waals surface area contributed by atoms with Gasteiger partial charge in [-0.3, -0.25) is 9.89 Å². The van der Waals surface area contributed by atoms with E-state index in [1.54, 1.807) is 18.1 Å². The van der Waals surface area contributed by atoms with Crippen molar-refractivity contribution in [1.29, 1.82) is 0 Å². The van der Waals surface area contributed by atoms with Crippen LogP contribution in [0.2, 0.25) is 0 Å². The predicted molar refractivity (Wildman–Crippen MR) is 70.4 cm³/mol. The summed E-state index contributed by atoms with van der Waals surface area (Å²) in [5, 5.41) is 6.60. The van der Waals surface area contributed by atoms with Gasteiger partial charge in [0.05, 0.1) is 11.8 Å². The molecule has 3 N–H and O–H groups in total. The third-order valence-corrected chi connectivity index (χ3v) is 2.62. The highest BCUT2D eigenvalue weighted by atomic mass is 35.5. The third-order valence-electron chi connectivity index (χ3n) is 2.62. The summed E-state index contributed by atoms with van der Waals surface area (Å²) in [6.07, 6.45) is 1.56. The second-order valence-corrected chi connectivity index (χ2v) is 4.94. The number of halogens is 1. The van der Waals surface area contributed by atoms with Crippen LogP contribution >= 0.6 is 12.4 Å². The summed E-state index contributed by atoms with van der Waals surface area (Å²) < 4.78 is 0. The molecule has 0 aromatic carbocycles. The van der Waals surface area contributed by atoms with Gasteiger partial charge >= 0.3 is 0 Å². The molecule has 0 aliphatic rings. The molecule has 1 heterocycles. The fraction of sp³-hybridized carbons (Fsp3) is 0.636. The van der Waals surface area contributed by atoms with Crippen LogP contribution in [0.3, 0.4) is 0 Å². The first-order valence-electron chi connectivity index (χ1n) is 5.33. The largest absolute Gasteiger partial charge is 0.341 e. The Morgan fingerprint density at radius 3 is 2.59 bits per heavy atom. The number of hydrogen-bond acceptors (Lipinski definition) is 3. The average molecular weight is 261 g/mol. The molecule has 1 rings (SSSR count). The molecule has 0 saturated carbocycles. The molecule has 0 aliphatic heterocycles. The van der Waals surface area contributed by atoms with Gasteiger partial charge in [-0.15, -0.1) is 12.4 Å². The van der Waals surface area contributed by atoms with E-state index in [0.717, 1.165) is 5.69 Å². The summed E-state index contributed by atoms with van der Waals surface area (Å²) in [6.45, 7) is 7.10. The standard InChI is InChI=1S/C11H20N4O.ClH/c1-8-9(5-13-14-8)10(16)15(4)7-11(2,3)6-12;/h5H,6-7,12H2,1-4H3,(H,13,14);1H. The second-order valence-electron chi connectivity index (χ2n) is 4.94. The molecule has 0 saturated heterocycles. The van der Waals surface area contributed by atoms with Crippen molar-refractivity contribution >= 4 is 18.3 Å². The summed E-state index contributed by atoms with van der Waals surface area (Å²) in [6, 6.07) is 0. The normalized spacial score (nSPS) is 10.9. The molecule has 0 atom stereocenters. The monoisotopic (exact) mass is 260 g/mol. The molecule has 1 aromatic rings. The lowest BCUT2D eigenvalue weighted by atomic mass is 9.93. The Hall–Kier alpha value is -1.07. The molecule has 0 spiro atoms. The van der Waals surface area contributed by atoms with Gasteiger partial charge in [0, 0.05) is 19.3 Å². The Balaban J connectivity index is 0.00000256. The van der Waals surface area contributed by atoms with E-state index in [-0.39, 0.29) is 23.7 Å². The van der Waals surface area contributed by atoms with Crippen LogP contribution in [0, 0.1) is 12.3 Å². The van der Waals surface area contributed by atoms with Crippen molar-refractivity contribution in [3.63, 3.8) is 0 Å². The number of carbonyl (C=O) groups is 1.